The van der Waals surface area contributed by atoms with Crippen LogP contribution in [0.5, 0.6) is 5.75 Å². The predicted octanol–water partition coefficient (Wildman–Crippen LogP) is 1.15. The first kappa shape index (κ1) is 32.3. The number of carbonyl (C=O) groups excluding carboxylic acids is 4. The molecule has 1 aliphatic carbocycles. The second-order valence-corrected chi connectivity index (χ2v) is 12.2. The number of thioether (sulfide) groups is 1. The zero-order valence-electron chi connectivity index (χ0n) is 24.7. The van der Waals surface area contributed by atoms with Crippen LogP contribution < -0.4 is 26.8 Å². The highest BCUT2D eigenvalue weighted by Crippen LogP contribution is 2.41. The van der Waals surface area contributed by atoms with Crippen molar-refractivity contribution in [2.45, 2.75) is 62.5 Å². The highest BCUT2D eigenvalue weighted by Gasteiger charge is 2.55. The summed E-state index contributed by atoms with van der Waals surface area (Å²) in [4.78, 5) is 85.3. The lowest BCUT2D eigenvalue weighted by Gasteiger charge is -2.49. The van der Waals surface area contributed by atoms with Crippen LogP contribution >= 0.6 is 11.8 Å². The van der Waals surface area contributed by atoms with Crippen LogP contribution in [0.15, 0.2) is 46.5 Å². The Kier molecular flexibility index (Phi) is 9.50. The van der Waals surface area contributed by atoms with Crippen molar-refractivity contribution in [2.75, 3.05) is 22.6 Å². The Morgan fingerprint density at radius 1 is 1.17 bits per heavy atom. The summed E-state index contributed by atoms with van der Waals surface area (Å²) in [5.41, 5.74) is 4.67. The van der Waals surface area contributed by atoms with Gasteiger partial charge in [-0.1, -0.05) is 31.4 Å². The first-order valence-corrected chi connectivity index (χ1v) is 15.6. The molecule has 3 aliphatic rings. The Balaban J connectivity index is 1.42. The molecule has 3 atom stereocenters. The van der Waals surface area contributed by atoms with E-state index in [0.717, 1.165) is 59.9 Å². The summed E-state index contributed by atoms with van der Waals surface area (Å²) >= 11 is 1.15. The Labute approximate surface area is 266 Å². The highest BCUT2D eigenvalue weighted by molar-refractivity contribution is 8.00. The van der Waals surface area contributed by atoms with E-state index in [1.165, 1.54) is 31.2 Å². The third kappa shape index (κ3) is 6.63. The minimum absolute atomic E-state index is 0.104. The number of β-lactam (4-membered cyclic amide) rings is 1. The number of phenols is 1. The average molecular weight is 656 g/mol. The summed E-state index contributed by atoms with van der Waals surface area (Å²) in [5, 5.41) is 24.6. The van der Waals surface area contributed by atoms with Gasteiger partial charge in [-0.3, -0.25) is 34.0 Å². The molecule has 2 aromatic rings. The van der Waals surface area contributed by atoms with Crippen molar-refractivity contribution in [1.29, 1.82) is 0 Å². The molecule has 0 bridgehead atoms. The van der Waals surface area contributed by atoms with Crippen molar-refractivity contribution in [2.24, 2.45) is 5.73 Å². The lowest BCUT2D eigenvalue weighted by molar-refractivity contribution is -0.151. The van der Waals surface area contributed by atoms with E-state index in [1.807, 2.05) is 0 Å². The summed E-state index contributed by atoms with van der Waals surface area (Å²) in [7, 11) is 0. The number of ether oxygens (including phenoxy) is 1. The van der Waals surface area contributed by atoms with Gasteiger partial charge in [0.1, 0.15) is 41.2 Å². The normalized spacial score (nSPS) is 20.2. The molecule has 3 heterocycles. The van der Waals surface area contributed by atoms with Crippen LogP contribution in [0.25, 0.3) is 0 Å². The number of rotatable bonds is 10. The number of phenolic OH excluding ortho intramolecular Hbond substituents is 1. The summed E-state index contributed by atoms with van der Waals surface area (Å²) in [6, 6.07) is 1.41. The second-order valence-electron chi connectivity index (χ2n) is 11.1. The Morgan fingerprint density at radius 2 is 1.87 bits per heavy atom. The highest BCUT2D eigenvalue weighted by atomic mass is 32.2. The number of primary amides is 1. The van der Waals surface area contributed by atoms with E-state index in [0.29, 0.717) is 0 Å². The molecule has 7 N–H and O–H groups in total. The first-order chi connectivity index (χ1) is 22.0. The number of nitrogens with two attached hydrogens (primary N) is 1. The number of carboxylic acids is 1. The number of carbonyl (C=O) groups is 5. The fourth-order valence-corrected chi connectivity index (χ4v) is 7.08. The number of nitrogens with zero attached hydrogens (tertiary/aromatic N) is 3. The molecule has 0 radical (unpaired) electrons. The molecule has 1 saturated heterocycles. The van der Waals surface area contributed by atoms with Gasteiger partial charge in [-0.25, -0.2) is 14.6 Å². The van der Waals surface area contributed by atoms with Crippen molar-refractivity contribution in [3.05, 3.63) is 57.6 Å². The van der Waals surface area contributed by atoms with Crippen LogP contribution in [0.4, 0.5) is 16.4 Å². The summed E-state index contributed by atoms with van der Waals surface area (Å²) in [5.74, 6) is -3.50. The number of hydrogen-bond donors (Lipinski definition) is 6. The monoisotopic (exact) mass is 655 g/mol. The molecule has 2 aliphatic heterocycles. The molecule has 17 heteroatoms. The van der Waals surface area contributed by atoms with E-state index in [1.54, 1.807) is 0 Å². The van der Waals surface area contributed by atoms with Gasteiger partial charge in [-0.15, -0.1) is 11.8 Å². The van der Waals surface area contributed by atoms with E-state index in [9.17, 15) is 39.0 Å². The maximum absolute atomic E-state index is 13.9. The second kappa shape index (κ2) is 13.5. The van der Waals surface area contributed by atoms with Gasteiger partial charge in [-0.2, -0.15) is 0 Å². The maximum Gasteiger partial charge on any atom is 0.352 e. The average Bonchev–Trinajstić information content (AvgIpc) is 3.02. The number of fused-ring (bicyclic) bond motifs is 1. The smallest absolute Gasteiger partial charge is 0.352 e. The van der Waals surface area contributed by atoms with E-state index in [2.05, 4.69) is 20.6 Å². The summed E-state index contributed by atoms with van der Waals surface area (Å²) < 4.78 is 4.95. The van der Waals surface area contributed by atoms with E-state index in [-0.39, 0.29) is 52.6 Å². The van der Waals surface area contributed by atoms with Crippen molar-refractivity contribution in [3.63, 3.8) is 0 Å². The SMILES string of the molecule is CC(=O)OCC1=C(C(=O)O)N2C(=O)C(NC(=O)C(c3ccc(O)cc3)N(C(N)=O)c3cnc(NC4CCCCC4)[nH]c3=O)[C@@H]2SC1. The van der Waals surface area contributed by atoms with E-state index >= 15 is 0 Å². The minimum Gasteiger partial charge on any atom is -0.508 e. The number of H-pyrrole nitrogens is 1. The summed E-state index contributed by atoms with van der Waals surface area (Å²) in [6.45, 7) is 0.859. The van der Waals surface area contributed by atoms with Gasteiger partial charge in [0.25, 0.3) is 11.5 Å². The number of nitrogens with one attached hydrogen (secondary N) is 3. The van der Waals surface area contributed by atoms with Crippen LogP contribution in [0.3, 0.4) is 0 Å². The molecule has 16 nitrogen and oxygen atoms in total. The van der Waals surface area contributed by atoms with Crippen LogP contribution in [-0.2, 0) is 23.9 Å². The molecule has 1 saturated carbocycles. The Hall–Kier alpha value is -5.06. The lowest BCUT2D eigenvalue weighted by atomic mass is 9.96. The number of aliphatic carboxylic acids is 1. The molecule has 2 unspecified atom stereocenters. The van der Waals surface area contributed by atoms with Gasteiger partial charge in [0, 0.05) is 24.3 Å². The van der Waals surface area contributed by atoms with Crippen LogP contribution in [0.1, 0.15) is 50.6 Å². The van der Waals surface area contributed by atoms with Gasteiger partial charge in [0.15, 0.2) is 0 Å². The molecule has 2 fully saturated rings. The molecule has 0 spiro atoms. The van der Waals surface area contributed by atoms with Crippen molar-refractivity contribution in [3.8, 4) is 5.75 Å². The topological polar surface area (TPSA) is 237 Å². The van der Waals surface area contributed by atoms with Gasteiger partial charge in [-0.05, 0) is 30.5 Å². The zero-order chi connectivity index (χ0) is 33.1. The van der Waals surface area contributed by atoms with Gasteiger partial charge in [0.05, 0.1) is 6.20 Å². The third-order valence-electron chi connectivity index (χ3n) is 7.94. The maximum atomic E-state index is 13.9. The molecule has 1 aromatic heterocycles. The van der Waals surface area contributed by atoms with Crippen molar-refractivity contribution >= 4 is 53.2 Å². The lowest BCUT2D eigenvalue weighted by Crippen LogP contribution is -2.71. The Morgan fingerprint density at radius 3 is 2.48 bits per heavy atom. The van der Waals surface area contributed by atoms with Crippen LogP contribution in [0.2, 0.25) is 0 Å². The third-order valence-corrected chi connectivity index (χ3v) is 9.28. The zero-order valence-corrected chi connectivity index (χ0v) is 25.5. The molecular weight excluding hydrogens is 622 g/mol. The number of amides is 4. The molecule has 46 heavy (non-hydrogen) atoms. The number of aromatic amines is 1. The quantitative estimate of drug-likeness (QED) is 0.156. The minimum atomic E-state index is -1.59. The van der Waals surface area contributed by atoms with Gasteiger partial charge in [0.2, 0.25) is 11.9 Å². The predicted molar refractivity (Wildman–Crippen MR) is 165 cm³/mol. The first-order valence-electron chi connectivity index (χ1n) is 14.5. The number of esters is 1. The van der Waals surface area contributed by atoms with Crippen molar-refractivity contribution < 1.29 is 38.9 Å². The van der Waals surface area contributed by atoms with Crippen LogP contribution in [0, 0.1) is 0 Å². The molecule has 4 amide bonds. The van der Waals surface area contributed by atoms with Crippen LogP contribution in [-0.4, -0.2) is 84.7 Å². The van der Waals surface area contributed by atoms with E-state index in [4.69, 9.17) is 10.5 Å². The number of aromatic nitrogens is 2. The van der Waals surface area contributed by atoms with E-state index < -0.39 is 52.8 Å². The largest absolute Gasteiger partial charge is 0.508 e. The Bertz CT molecular complexity index is 1640. The van der Waals surface area contributed by atoms with Crippen molar-refractivity contribution in [1.82, 2.24) is 20.2 Å². The molecule has 5 rings (SSSR count). The fourth-order valence-electron chi connectivity index (χ4n) is 5.75. The standard InChI is InChI=1S/C29H33N7O9S/c1-14(37)45-12-16-13-46-26-20(25(41)36(26)22(16)27(42)43)33-24(40)21(15-7-9-18(38)10-8-15)35(28(30)44)19-11-31-29(34-23(19)39)32-17-5-3-2-4-6-17/h7-11,17,20-21,26,38H,2-6,12-13H2,1H3,(H2,30,44)(H,33,40)(H,42,43)(H2,31,32,34,39)/t20?,21?,26-/m0/s1. The number of anilines is 2. The van der Waals surface area contributed by atoms with Gasteiger partial charge < -0.3 is 31.3 Å². The number of urea groups is 1. The number of hydrogen-bond acceptors (Lipinski definition) is 11. The molecule has 244 valence electrons. The number of carboxylic acid groups (broad SMARTS) is 1. The fraction of sp³-hybridized carbons (Fsp3) is 0.414. The number of benzene rings is 1. The van der Waals surface area contributed by atoms with Gasteiger partial charge >= 0.3 is 18.0 Å². The molecule has 1 aromatic carbocycles. The number of aromatic hydroxyl groups is 1. The summed E-state index contributed by atoms with van der Waals surface area (Å²) in [6.07, 6.45) is 6.17. The molecular formula is C29H33N7O9S.